The zero-order valence-corrected chi connectivity index (χ0v) is 11.8. The van der Waals surface area contributed by atoms with Crippen molar-refractivity contribution < 1.29 is 4.39 Å². The van der Waals surface area contributed by atoms with E-state index in [1.807, 2.05) is 6.07 Å². The van der Waals surface area contributed by atoms with E-state index in [1.165, 1.54) is 23.5 Å². The van der Waals surface area contributed by atoms with E-state index in [2.05, 4.69) is 15.9 Å². The second-order valence-electron chi connectivity index (χ2n) is 3.19. The van der Waals surface area contributed by atoms with Crippen molar-refractivity contribution in [3.8, 4) is 0 Å². The lowest BCUT2D eigenvalue weighted by atomic mass is 10.1. The Morgan fingerprint density at radius 1 is 1.19 bits per heavy atom. The molecule has 0 N–H and O–H groups in total. The highest BCUT2D eigenvalue weighted by Crippen LogP contribution is 2.41. The summed E-state index contributed by atoms with van der Waals surface area (Å²) < 4.78 is 14.1. The molecule has 0 spiro atoms. The van der Waals surface area contributed by atoms with Crippen molar-refractivity contribution in [2.24, 2.45) is 0 Å². The fourth-order valence-corrected chi connectivity index (χ4v) is 3.82. The number of benzene rings is 1. The molecule has 1 aromatic heterocycles. The Hall–Kier alpha value is -0.0900. The van der Waals surface area contributed by atoms with E-state index in [1.54, 1.807) is 12.1 Å². The van der Waals surface area contributed by atoms with Gasteiger partial charge >= 0.3 is 0 Å². The number of halogens is 4. The van der Waals surface area contributed by atoms with Crippen LogP contribution >= 0.6 is 50.5 Å². The van der Waals surface area contributed by atoms with Gasteiger partial charge in [0.25, 0.3) is 0 Å². The molecule has 0 radical (unpaired) electrons. The molecule has 2 rings (SSSR count). The lowest BCUT2D eigenvalue weighted by Gasteiger charge is -2.08. The Balaban J connectivity index is 2.35. The molecule has 1 unspecified atom stereocenters. The van der Waals surface area contributed by atoms with E-state index in [-0.39, 0.29) is 10.6 Å². The number of hydrogen-bond acceptors (Lipinski definition) is 1. The summed E-state index contributed by atoms with van der Waals surface area (Å²) in [6, 6.07) is 8.10. The summed E-state index contributed by atoms with van der Waals surface area (Å²) in [5.74, 6) is -0.252. The maximum atomic E-state index is 12.8. The van der Waals surface area contributed by atoms with Gasteiger partial charge in [0.1, 0.15) is 5.82 Å². The summed E-state index contributed by atoms with van der Waals surface area (Å²) in [6.07, 6.45) is 0. The molecule has 0 amide bonds. The maximum Gasteiger partial charge on any atom is 0.123 e. The number of hydrogen-bond donors (Lipinski definition) is 0. The van der Waals surface area contributed by atoms with Crippen molar-refractivity contribution in [1.82, 2.24) is 0 Å². The lowest BCUT2D eigenvalue weighted by Crippen LogP contribution is -1.91. The molecule has 0 aliphatic rings. The van der Waals surface area contributed by atoms with Gasteiger partial charge < -0.3 is 0 Å². The highest BCUT2D eigenvalue weighted by molar-refractivity contribution is 9.09. The van der Waals surface area contributed by atoms with Crippen LogP contribution in [0.5, 0.6) is 0 Å². The van der Waals surface area contributed by atoms with Gasteiger partial charge in [-0.05, 0) is 23.8 Å². The first kappa shape index (κ1) is 12.4. The van der Waals surface area contributed by atoms with Crippen molar-refractivity contribution in [2.45, 2.75) is 4.83 Å². The van der Waals surface area contributed by atoms with E-state index in [0.29, 0.717) is 8.67 Å². The van der Waals surface area contributed by atoms with Gasteiger partial charge in [0.05, 0.1) is 13.5 Å². The van der Waals surface area contributed by atoms with Crippen LogP contribution in [0.3, 0.4) is 0 Å². The molecule has 0 fully saturated rings. The first-order valence-electron chi connectivity index (χ1n) is 4.42. The Morgan fingerprint density at radius 3 is 2.31 bits per heavy atom. The fourth-order valence-electron chi connectivity index (χ4n) is 1.34. The van der Waals surface area contributed by atoms with Crippen molar-refractivity contribution in [3.05, 3.63) is 55.9 Å². The molecular formula is C11H6BrCl2FS. The van der Waals surface area contributed by atoms with Crippen LogP contribution in [0.4, 0.5) is 4.39 Å². The zero-order valence-electron chi connectivity index (χ0n) is 7.88. The molecule has 0 bridgehead atoms. The van der Waals surface area contributed by atoms with Crippen LogP contribution < -0.4 is 0 Å². The Labute approximate surface area is 115 Å². The first-order valence-corrected chi connectivity index (χ1v) is 6.91. The fraction of sp³-hybridized carbons (Fsp3) is 0.0909. The molecule has 1 aromatic carbocycles. The van der Waals surface area contributed by atoms with Gasteiger partial charge in [0, 0.05) is 5.56 Å². The zero-order chi connectivity index (χ0) is 11.7. The van der Waals surface area contributed by atoms with Crippen LogP contribution in [0.25, 0.3) is 0 Å². The molecule has 84 valence electrons. The van der Waals surface area contributed by atoms with Crippen LogP contribution in [0, 0.1) is 5.82 Å². The predicted molar refractivity (Wildman–Crippen MR) is 71.5 cm³/mol. The minimum atomic E-state index is -0.252. The molecule has 0 nitrogen and oxygen atoms in total. The van der Waals surface area contributed by atoms with Gasteiger partial charge in [-0.1, -0.05) is 51.3 Å². The van der Waals surface area contributed by atoms with Crippen LogP contribution in [0.2, 0.25) is 8.67 Å². The molecule has 5 heteroatoms. The molecule has 0 aliphatic heterocycles. The second-order valence-corrected chi connectivity index (χ2v) is 6.39. The standard InChI is InChI=1S/C11H6BrCl2FS/c12-10(6-1-3-7(15)4-2-6)8-5-9(13)16-11(8)14/h1-5,10H. The predicted octanol–water partition coefficient (Wildman–Crippen LogP) is 5.68. The van der Waals surface area contributed by atoms with Crippen molar-refractivity contribution >= 4 is 50.5 Å². The van der Waals surface area contributed by atoms with E-state index in [4.69, 9.17) is 23.2 Å². The van der Waals surface area contributed by atoms with Crippen molar-refractivity contribution in [2.75, 3.05) is 0 Å². The summed E-state index contributed by atoms with van der Waals surface area (Å²) in [6.45, 7) is 0. The Morgan fingerprint density at radius 2 is 1.81 bits per heavy atom. The quantitative estimate of drug-likeness (QED) is 0.617. The summed E-state index contributed by atoms with van der Waals surface area (Å²) >= 11 is 16.8. The van der Waals surface area contributed by atoms with E-state index in [0.717, 1.165) is 11.1 Å². The average molecular weight is 340 g/mol. The summed E-state index contributed by atoms with van der Waals surface area (Å²) in [4.78, 5) is -0.0654. The normalized spacial score (nSPS) is 12.8. The average Bonchev–Trinajstić information content (AvgIpc) is 2.58. The third-order valence-corrected chi connectivity index (χ3v) is 4.66. The van der Waals surface area contributed by atoms with Crippen molar-refractivity contribution in [1.29, 1.82) is 0 Å². The Bertz CT molecular complexity index is 495. The minimum absolute atomic E-state index is 0.0654. The van der Waals surface area contributed by atoms with Gasteiger partial charge in [-0.3, -0.25) is 0 Å². The minimum Gasteiger partial charge on any atom is -0.207 e. The summed E-state index contributed by atoms with van der Waals surface area (Å²) in [5.41, 5.74) is 1.85. The van der Waals surface area contributed by atoms with Gasteiger partial charge in [-0.25, -0.2) is 4.39 Å². The second kappa shape index (κ2) is 5.05. The highest BCUT2D eigenvalue weighted by atomic mass is 79.9. The van der Waals surface area contributed by atoms with Crippen LogP contribution in [-0.4, -0.2) is 0 Å². The molecule has 1 heterocycles. The third-order valence-electron chi connectivity index (χ3n) is 2.12. The first-order chi connectivity index (χ1) is 7.58. The third kappa shape index (κ3) is 2.59. The lowest BCUT2D eigenvalue weighted by molar-refractivity contribution is 0.627. The van der Waals surface area contributed by atoms with E-state index in [9.17, 15) is 4.39 Å². The largest absolute Gasteiger partial charge is 0.207 e. The molecule has 0 saturated carbocycles. The van der Waals surface area contributed by atoms with Crippen LogP contribution in [-0.2, 0) is 0 Å². The number of alkyl halides is 1. The molecule has 0 aliphatic carbocycles. The highest BCUT2D eigenvalue weighted by Gasteiger charge is 2.16. The molecule has 16 heavy (non-hydrogen) atoms. The van der Waals surface area contributed by atoms with Gasteiger partial charge in [-0.2, -0.15) is 0 Å². The van der Waals surface area contributed by atoms with E-state index < -0.39 is 0 Å². The summed E-state index contributed by atoms with van der Waals surface area (Å²) in [5, 5.41) is 0. The summed E-state index contributed by atoms with van der Waals surface area (Å²) in [7, 11) is 0. The van der Waals surface area contributed by atoms with E-state index >= 15 is 0 Å². The Kier molecular flexibility index (Phi) is 3.90. The number of rotatable bonds is 2. The molecule has 0 saturated heterocycles. The monoisotopic (exact) mass is 338 g/mol. The molecule has 2 aromatic rings. The van der Waals surface area contributed by atoms with Crippen LogP contribution in [0.1, 0.15) is 16.0 Å². The maximum absolute atomic E-state index is 12.8. The molecule has 1 atom stereocenters. The SMILES string of the molecule is Fc1ccc(C(Br)c2cc(Cl)sc2Cl)cc1. The van der Waals surface area contributed by atoms with Crippen LogP contribution in [0.15, 0.2) is 30.3 Å². The van der Waals surface area contributed by atoms with Gasteiger partial charge in [0.2, 0.25) is 0 Å². The topological polar surface area (TPSA) is 0 Å². The smallest absolute Gasteiger partial charge is 0.123 e. The van der Waals surface area contributed by atoms with Gasteiger partial charge in [-0.15, -0.1) is 11.3 Å². The van der Waals surface area contributed by atoms with Gasteiger partial charge in [0.15, 0.2) is 0 Å². The number of thiophene rings is 1. The van der Waals surface area contributed by atoms with Crippen molar-refractivity contribution in [3.63, 3.8) is 0 Å². The molecular weight excluding hydrogens is 334 g/mol.